The second-order valence-corrected chi connectivity index (χ2v) is 4.98. The molecule has 0 aliphatic heterocycles. The number of hydrogen-bond acceptors (Lipinski definition) is 3. The van der Waals surface area contributed by atoms with Gasteiger partial charge in [-0.3, -0.25) is 9.97 Å². The molecule has 1 aromatic rings. The molecule has 3 nitrogen and oxygen atoms in total. The average Bonchev–Trinajstić information content (AvgIpc) is 2.40. The van der Waals surface area contributed by atoms with Crippen LogP contribution in [0.15, 0.2) is 18.6 Å². The molecule has 1 atom stereocenters. The van der Waals surface area contributed by atoms with Crippen LogP contribution in [0.4, 0.5) is 0 Å². The summed E-state index contributed by atoms with van der Waals surface area (Å²) in [6, 6.07) is 0.386. The van der Waals surface area contributed by atoms with Crippen LogP contribution in [0.2, 0.25) is 0 Å². The van der Waals surface area contributed by atoms with E-state index >= 15 is 0 Å². The SMILES string of the molecule is CCNC(CC1CCCCC1)c1cnccn1. The van der Waals surface area contributed by atoms with Gasteiger partial charge in [0.1, 0.15) is 0 Å². The Kier molecular flexibility index (Phi) is 4.92. The minimum atomic E-state index is 0.386. The molecule has 94 valence electrons. The van der Waals surface area contributed by atoms with Crippen LogP contribution in [-0.2, 0) is 0 Å². The van der Waals surface area contributed by atoms with Crippen molar-refractivity contribution in [3.05, 3.63) is 24.3 Å². The zero-order valence-corrected chi connectivity index (χ0v) is 10.7. The zero-order valence-electron chi connectivity index (χ0n) is 10.7. The van der Waals surface area contributed by atoms with E-state index in [1.165, 1.54) is 38.5 Å². The molecule has 17 heavy (non-hydrogen) atoms. The van der Waals surface area contributed by atoms with Gasteiger partial charge in [0.15, 0.2) is 0 Å². The molecule has 0 saturated heterocycles. The van der Waals surface area contributed by atoms with Crippen molar-refractivity contribution in [2.45, 2.75) is 51.5 Å². The van der Waals surface area contributed by atoms with Crippen LogP contribution in [0.3, 0.4) is 0 Å². The molecule has 0 amide bonds. The first-order valence-corrected chi connectivity index (χ1v) is 6.89. The van der Waals surface area contributed by atoms with Gasteiger partial charge in [-0.2, -0.15) is 0 Å². The van der Waals surface area contributed by atoms with E-state index in [4.69, 9.17) is 0 Å². The van der Waals surface area contributed by atoms with E-state index in [0.29, 0.717) is 6.04 Å². The van der Waals surface area contributed by atoms with Crippen molar-refractivity contribution in [2.24, 2.45) is 5.92 Å². The molecule has 1 N–H and O–H groups in total. The maximum Gasteiger partial charge on any atom is 0.0756 e. The maximum atomic E-state index is 4.44. The van der Waals surface area contributed by atoms with E-state index in [1.807, 2.05) is 6.20 Å². The van der Waals surface area contributed by atoms with Crippen LogP contribution in [0.5, 0.6) is 0 Å². The van der Waals surface area contributed by atoms with Gasteiger partial charge >= 0.3 is 0 Å². The smallest absolute Gasteiger partial charge is 0.0756 e. The molecule has 1 aliphatic rings. The van der Waals surface area contributed by atoms with E-state index in [0.717, 1.165) is 18.2 Å². The number of hydrogen-bond donors (Lipinski definition) is 1. The molecule has 0 spiro atoms. The number of aromatic nitrogens is 2. The van der Waals surface area contributed by atoms with Gasteiger partial charge in [-0.25, -0.2) is 0 Å². The molecule has 0 bridgehead atoms. The van der Waals surface area contributed by atoms with Crippen LogP contribution in [-0.4, -0.2) is 16.5 Å². The number of rotatable bonds is 5. The molecule has 1 aromatic heterocycles. The van der Waals surface area contributed by atoms with E-state index in [-0.39, 0.29) is 0 Å². The lowest BCUT2D eigenvalue weighted by atomic mass is 9.84. The third-order valence-electron chi connectivity index (χ3n) is 3.68. The fourth-order valence-electron chi connectivity index (χ4n) is 2.80. The van der Waals surface area contributed by atoms with Crippen molar-refractivity contribution < 1.29 is 0 Å². The van der Waals surface area contributed by atoms with Crippen molar-refractivity contribution >= 4 is 0 Å². The highest BCUT2D eigenvalue weighted by atomic mass is 14.9. The van der Waals surface area contributed by atoms with Crippen molar-refractivity contribution in [1.82, 2.24) is 15.3 Å². The molecule has 1 fully saturated rings. The summed E-state index contributed by atoms with van der Waals surface area (Å²) in [7, 11) is 0. The highest BCUT2D eigenvalue weighted by Crippen LogP contribution is 2.31. The monoisotopic (exact) mass is 233 g/mol. The van der Waals surface area contributed by atoms with Crippen LogP contribution in [0.1, 0.15) is 57.2 Å². The summed E-state index contributed by atoms with van der Waals surface area (Å²) in [6.45, 7) is 3.15. The first kappa shape index (κ1) is 12.5. The van der Waals surface area contributed by atoms with Gasteiger partial charge in [0, 0.05) is 18.6 Å². The van der Waals surface area contributed by atoms with Crippen LogP contribution in [0, 0.1) is 5.92 Å². The molecular weight excluding hydrogens is 210 g/mol. The summed E-state index contributed by atoms with van der Waals surface area (Å²) < 4.78 is 0. The normalized spacial score (nSPS) is 19.1. The van der Waals surface area contributed by atoms with Gasteiger partial charge in [0.05, 0.1) is 11.7 Å². The molecule has 2 rings (SSSR count). The summed E-state index contributed by atoms with van der Waals surface area (Å²) >= 11 is 0. The van der Waals surface area contributed by atoms with E-state index in [2.05, 4.69) is 22.2 Å². The highest BCUT2D eigenvalue weighted by Gasteiger charge is 2.20. The minimum absolute atomic E-state index is 0.386. The molecule has 0 radical (unpaired) electrons. The second kappa shape index (κ2) is 6.70. The van der Waals surface area contributed by atoms with E-state index in [9.17, 15) is 0 Å². The van der Waals surface area contributed by atoms with Crippen LogP contribution >= 0.6 is 0 Å². The summed E-state index contributed by atoms with van der Waals surface area (Å²) in [5.74, 6) is 0.870. The van der Waals surface area contributed by atoms with Gasteiger partial charge in [-0.1, -0.05) is 39.0 Å². The van der Waals surface area contributed by atoms with Gasteiger partial charge in [0.25, 0.3) is 0 Å². The van der Waals surface area contributed by atoms with Gasteiger partial charge < -0.3 is 5.32 Å². The minimum Gasteiger partial charge on any atom is -0.309 e. The molecule has 0 aromatic carbocycles. The Hall–Kier alpha value is -0.960. The maximum absolute atomic E-state index is 4.44. The second-order valence-electron chi connectivity index (χ2n) is 4.98. The molecular formula is C14H23N3. The van der Waals surface area contributed by atoms with Gasteiger partial charge in [0.2, 0.25) is 0 Å². The molecule has 1 unspecified atom stereocenters. The quantitative estimate of drug-likeness (QED) is 0.849. The van der Waals surface area contributed by atoms with Crippen molar-refractivity contribution in [3.8, 4) is 0 Å². The lowest BCUT2D eigenvalue weighted by Crippen LogP contribution is -2.25. The van der Waals surface area contributed by atoms with Gasteiger partial charge in [-0.05, 0) is 18.9 Å². The van der Waals surface area contributed by atoms with Crippen molar-refractivity contribution in [1.29, 1.82) is 0 Å². The first-order chi connectivity index (χ1) is 8.40. The summed E-state index contributed by atoms with van der Waals surface area (Å²) in [4.78, 5) is 8.62. The molecule has 3 heteroatoms. The molecule has 1 heterocycles. The number of nitrogens with one attached hydrogen (secondary N) is 1. The summed E-state index contributed by atoms with van der Waals surface area (Å²) in [5, 5.41) is 3.54. The van der Waals surface area contributed by atoms with Gasteiger partial charge in [-0.15, -0.1) is 0 Å². The summed E-state index contributed by atoms with van der Waals surface area (Å²) in [6.07, 6.45) is 13.7. The van der Waals surface area contributed by atoms with Crippen LogP contribution in [0.25, 0.3) is 0 Å². The first-order valence-electron chi connectivity index (χ1n) is 6.89. The highest BCUT2D eigenvalue weighted by molar-refractivity contribution is 5.02. The third kappa shape index (κ3) is 3.77. The lowest BCUT2D eigenvalue weighted by molar-refractivity contribution is 0.299. The predicted molar refractivity (Wildman–Crippen MR) is 69.6 cm³/mol. The fourth-order valence-corrected chi connectivity index (χ4v) is 2.80. The molecule has 1 aliphatic carbocycles. The Morgan fingerprint density at radius 1 is 1.29 bits per heavy atom. The van der Waals surface area contributed by atoms with E-state index in [1.54, 1.807) is 12.4 Å². The average molecular weight is 233 g/mol. The van der Waals surface area contributed by atoms with Crippen molar-refractivity contribution in [3.63, 3.8) is 0 Å². The predicted octanol–water partition coefficient (Wildman–Crippen LogP) is 3.10. The molecule has 1 saturated carbocycles. The third-order valence-corrected chi connectivity index (χ3v) is 3.68. The Labute approximate surface area is 104 Å². The Balaban J connectivity index is 1.96. The van der Waals surface area contributed by atoms with E-state index < -0.39 is 0 Å². The Morgan fingerprint density at radius 2 is 2.12 bits per heavy atom. The largest absolute Gasteiger partial charge is 0.309 e. The van der Waals surface area contributed by atoms with Crippen molar-refractivity contribution in [2.75, 3.05) is 6.54 Å². The lowest BCUT2D eigenvalue weighted by Gasteiger charge is -2.26. The Morgan fingerprint density at radius 3 is 2.76 bits per heavy atom. The Bertz CT molecular complexity index is 307. The zero-order chi connectivity index (χ0) is 11.9. The number of nitrogens with zero attached hydrogens (tertiary/aromatic N) is 2. The standard InChI is InChI=1S/C14H23N3/c1-2-16-13(14-11-15-8-9-17-14)10-12-6-4-3-5-7-12/h8-9,11-13,16H,2-7,10H2,1H3. The summed E-state index contributed by atoms with van der Waals surface area (Å²) in [5.41, 5.74) is 1.10. The topological polar surface area (TPSA) is 37.8 Å². The fraction of sp³-hybridized carbons (Fsp3) is 0.714. The van der Waals surface area contributed by atoms with Crippen LogP contribution < -0.4 is 5.32 Å².